The van der Waals surface area contributed by atoms with E-state index in [9.17, 15) is 19.5 Å². The number of carboxylic acid groups (broad SMARTS) is 3. The summed E-state index contributed by atoms with van der Waals surface area (Å²) < 4.78 is 0. The standard InChI is InChI=1S/C12H10O7/c13-9-4-6(1-2-10(14)15)8(12(18)19)3-7(9)5-11(16)17/h1-4,13H,5H2,(H,14,15)(H,16,17)(H,18,19)/b2-1+. The van der Waals surface area contributed by atoms with Crippen LogP contribution in [0.25, 0.3) is 6.08 Å². The van der Waals surface area contributed by atoms with Gasteiger partial charge < -0.3 is 20.4 Å². The van der Waals surface area contributed by atoms with E-state index in [1.165, 1.54) is 0 Å². The second-order valence-corrected chi connectivity index (χ2v) is 3.62. The highest BCUT2D eigenvalue weighted by Gasteiger charge is 2.15. The molecule has 7 heteroatoms. The Balaban J connectivity index is 3.32. The van der Waals surface area contributed by atoms with Gasteiger partial charge in [-0.05, 0) is 23.8 Å². The lowest BCUT2D eigenvalue weighted by molar-refractivity contribution is -0.136. The van der Waals surface area contributed by atoms with Crippen LogP contribution in [0.4, 0.5) is 0 Å². The molecule has 7 nitrogen and oxygen atoms in total. The molecule has 0 amide bonds. The monoisotopic (exact) mass is 266 g/mol. The molecule has 0 spiro atoms. The molecule has 0 aliphatic carbocycles. The van der Waals surface area contributed by atoms with Crippen molar-refractivity contribution in [3.8, 4) is 5.75 Å². The van der Waals surface area contributed by atoms with E-state index in [0.717, 1.165) is 24.3 Å². The van der Waals surface area contributed by atoms with Crippen LogP contribution in [-0.4, -0.2) is 38.3 Å². The van der Waals surface area contributed by atoms with Gasteiger partial charge in [-0.15, -0.1) is 0 Å². The van der Waals surface area contributed by atoms with E-state index in [1.807, 2.05) is 0 Å². The number of hydrogen-bond donors (Lipinski definition) is 4. The molecule has 1 aromatic rings. The highest BCUT2D eigenvalue weighted by Crippen LogP contribution is 2.24. The number of rotatable bonds is 5. The number of carboxylic acids is 3. The van der Waals surface area contributed by atoms with Crippen LogP contribution >= 0.6 is 0 Å². The molecule has 0 atom stereocenters. The summed E-state index contributed by atoms with van der Waals surface area (Å²) >= 11 is 0. The van der Waals surface area contributed by atoms with Crippen LogP contribution in [0.15, 0.2) is 18.2 Å². The summed E-state index contributed by atoms with van der Waals surface area (Å²) in [7, 11) is 0. The quantitative estimate of drug-likeness (QED) is 0.580. The Hall–Kier alpha value is -2.83. The average Bonchev–Trinajstić information content (AvgIpc) is 2.28. The van der Waals surface area contributed by atoms with Crippen LogP contribution in [0.2, 0.25) is 0 Å². The lowest BCUT2D eigenvalue weighted by Crippen LogP contribution is -2.05. The summed E-state index contributed by atoms with van der Waals surface area (Å²) in [6, 6.07) is 2.02. The van der Waals surface area contributed by atoms with Crippen LogP contribution in [0, 0.1) is 0 Å². The summed E-state index contributed by atoms with van der Waals surface area (Å²) in [6.07, 6.45) is 1.20. The zero-order valence-electron chi connectivity index (χ0n) is 9.53. The molecule has 0 saturated heterocycles. The fraction of sp³-hybridized carbons (Fsp3) is 0.0833. The van der Waals surface area contributed by atoms with E-state index in [-0.39, 0.29) is 16.7 Å². The first-order valence-corrected chi connectivity index (χ1v) is 5.03. The Labute approximate surface area is 107 Å². The number of carbonyl (C=O) groups is 3. The maximum atomic E-state index is 11.0. The van der Waals surface area contributed by atoms with E-state index >= 15 is 0 Å². The molecule has 0 saturated carbocycles. The van der Waals surface area contributed by atoms with Crippen LogP contribution in [-0.2, 0) is 16.0 Å². The van der Waals surface area contributed by atoms with Crippen molar-refractivity contribution >= 4 is 24.0 Å². The van der Waals surface area contributed by atoms with E-state index in [0.29, 0.717) is 0 Å². The number of aromatic carboxylic acids is 1. The maximum absolute atomic E-state index is 11.0. The Morgan fingerprint density at radius 2 is 1.74 bits per heavy atom. The average molecular weight is 266 g/mol. The van der Waals surface area contributed by atoms with Crippen molar-refractivity contribution in [3.05, 3.63) is 34.9 Å². The third-order valence-corrected chi connectivity index (χ3v) is 2.23. The van der Waals surface area contributed by atoms with Crippen molar-refractivity contribution in [1.29, 1.82) is 0 Å². The molecule has 100 valence electrons. The Kier molecular flexibility index (Phi) is 4.25. The summed E-state index contributed by atoms with van der Waals surface area (Å²) in [5, 5.41) is 35.6. The zero-order chi connectivity index (χ0) is 14.6. The molecule has 0 fully saturated rings. The molecule has 4 N–H and O–H groups in total. The van der Waals surface area contributed by atoms with Crippen molar-refractivity contribution in [1.82, 2.24) is 0 Å². The van der Waals surface area contributed by atoms with Gasteiger partial charge in [-0.2, -0.15) is 0 Å². The van der Waals surface area contributed by atoms with Gasteiger partial charge in [0.15, 0.2) is 0 Å². The number of aromatic hydroxyl groups is 1. The van der Waals surface area contributed by atoms with Gasteiger partial charge in [0.25, 0.3) is 0 Å². The van der Waals surface area contributed by atoms with Crippen LogP contribution in [0.5, 0.6) is 5.75 Å². The number of hydrogen-bond acceptors (Lipinski definition) is 4. The molecule has 0 unspecified atom stereocenters. The molecule has 1 rings (SSSR count). The fourth-order valence-electron chi connectivity index (χ4n) is 1.44. The predicted octanol–water partition coefficient (Wildman–Crippen LogP) is 0.815. The van der Waals surface area contributed by atoms with Gasteiger partial charge in [0.1, 0.15) is 5.75 Å². The molecule has 0 aromatic heterocycles. The number of benzene rings is 1. The molecule has 0 aliphatic heterocycles. The molecule has 19 heavy (non-hydrogen) atoms. The predicted molar refractivity (Wildman–Crippen MR) is 63.1 cm³/mol. The molecular formula is C12H10O7. The Morgan fingerprint density at radius 1 is 1.11 bits per heavy atom. The SMILES string of the molecule is O=C(O)/C=C/c1cc(O)c(CC(=O)O)cc1C(=O)O. The van der Waals surface area contributed by atoms with E-state index in [1.54, 1.807) is 0 Å². The highest BCUT2D eigenvalue weighted by atomic mass is 16.4. The summed E-state index contributed by atoms with van der Waals surface area (Å²) in [6.45, 7) is 0. The zero-order valence-corrected chi connectivity index (χ0v) is 9.53. The van der Waals surface area contributed by atoms with Crippen molar-refractivity contribution in [2.24, 2.45) is 0 Å². The van der Waals surface area contributed by atoms with E-state index < -0.39 is 30.1 Å². The second-order valence-electron chi connectivity index (χ2n) is 3.62. The topological polar surface area (TPSA) is 132 Å². The lowest BCUT2D eigenvalue weighted by Gasteiger charge is -2.07. The fourth-order valence-corrected chi connectivity index (χ4v) is 1.44. The minimum atomic E-state index is -1.35. The third-order valence-electron chi connectivity index (χ3n) is 2.23. The van der Waals surface area contributed by atoms with Crippen molar-refractivity contribution in [2.75, 3.05) is 0 Å². The number of phenolic OH excluding ortho intramolecular Hbond substituents is 1. The van der Waals surface area contributed by atoms with Crippen molar-refractivity contribution < 1.29 is 34.8 Å². The Bertz CT molecular complexity index is 572. The second kappa shape index (κ2) is 5.67. The van der Waals surface area contributed by atoms with Crippen LogP contribution in [0.3, 0.4) is 0 Å². The lowest BCUT2D eigenvalue weighted by atomic mass is 10.0. The van der Waals surface area contributed by atoms with Crippen molar-refractivity contribution in [3.63, 3.8) is 0 Å². The van der Waals surface area contributed by atoms with Gasteiger partial charge in [-0.1, -0.05) is 0 Å². The minimum Gasteiger partial charge on any atom is -0.508 e. The molecule has 0 bridgehead atoms. The van der Waals surface area contributed by atoms with E-state index in [2.05, 4.69) is 0 Å². The van der Waals surface area contributed by atoms with E-state index in [4.69, 9.17) is 15.3 Å². The van der Waals surface area contributed by atoms with Gasteiger partial charge in [0.05, 0.1) is 12.0 Å². The van der Waals surface area contributed by atoms with Gasteiger partial charge in [0, 0.05) is 11.6 Å². The highest BCUT2D eigenvalue weighted by molar-refractivity contribution is 5.95. The summed E-state index contributed by atoms with van der Waals surface area (Å²) in [5.41, 5.74) is -0.370. The third kappa shape index (κ3) is 3.84. The van der Waals surface area contributed by atoms with Crippen LogP contribution in [0.1, 0.15) is 21.5 Å². The Morgan fingerprint density at radius 3 is 2.21 bits per heavy atom. The summed E-state index contributed by atoms with van der Waals surface area (Å²) in [4.78, 5) is 31.9. The van der Waals surface area contributed by atoms with Gasteiger partial charge >= 0.3 is 17.9 Å². The number of phenols is 1. The first-order chi connectivity index (χ1) is 8.81. The summed E-state index contributed by atoms with van der Waals surface area (Å²) in [5.74, 6) is -4.25. The molecule has 1 aromatic carbocycles. The normalized spacial score (nSPS) is 10.5. The first-order valence-electron chi connectivity index (χ1n) is 5.03. The van der Waals surface area contributed by atoms with Gasteiger partial charge in [0.2, 0.25) is 0 Å². The van der Waals surface area contributed by atoms with Gasteiger partial charge in [-0.3, -0.25) is 4.79 Å². The minimum absolute atomic E-state index is 0.0264. The smallest absolute Gasteiger partial charge is 0.336 e. The van der Waals surface area contributed by atoms with Crippen molar-refractivity contribution in [2.45, 2.75) is 6.42 Å². The molecule has 0 heterocycles. The largest absolute Gasteiger partial charge is 0.508 e. The first kappa shape index (κ1) is 14.2. The molecule has 0 radical (unpaired) electrons. The van der Waals surface area contributed by atoms with Crippen LogP contribution < -0.4 is 0 Å². The molecular weight excluding hydrogens is 256 g/mol. The maximum Gasteiger partial charge on any atom is 0.336 e. The van der Waals surface area contributed by atoms with Gasteiger partial charge in [-0.25, -0.2) is 9.59 Å². The molecule has 0 aliphatic rings. The number of aliphatic carboxylic acids is 2.